The summed E-state index contributed by atoms with van der Waals surface area (Å²) in [5, 5.41) is 12.3. The van der Waals surface area contributed by atoms with Gasteiger partial charge in [0, 0.05) is 40.1 Å². The van der Waals surface area contributed by atoms with Gasteiger partial charge in [-0.15, -0.1) is 0 Å². The van der Waals surface area contributed by atoms with Crippen molar-refractivity contribution in [1.82, 2.24) is 4.57 Å². The van der Waals surface area contributed by atoms with Crippen molar-refractivity contribution in [2.45, 2.75) is 13.5 Å². The van der Waals surface area contributed by atoms with Crippen molar-refractivity contribution in [3.05, 3.63) is 72.3 Å². The summed E-state index contributed by atoms with van der Waals surface area (Å²) >= 11 is 0. The van der Waals surface area contributed by atoms with Gasteiger partial charge in [-0.05, 0) is 43.3 Å². The number of benzene rings is 3. The average Bonchev–Trinajstić information content (AvgIpc) is 2.94. The molecule has 0 saturated carbocycles. The third kappa shape index (κ3) is 2.35. The minimum Gasteiger partial charge on any atom is -0.507 e. The largest absolute Gasteiger partial charge is 0.507 e. The highest BCUT2D eigenvalue weighted by Crippen LogP contribution is 2.31. The summed E-state index contributed by atoms with van der Waals surface area (Å²) in [5.74, 6) is 0.241. The summed E-state index contributed by atoms with van der Waals surface area (Å²) in [7, 11) is 0. The molecular weight excluding hydrogens is 296 g/mol. The Morgan fingerprint density at radius 1 is 0.917 bits per heavy atom. The molecule has 4 rings (SSSR count). The van der Waals surface area contributed by atoms with Gasteiger partial charge in [0.15, 0.2) is 0 Å². The number of phenols is 1. The number of aromatic hydroxyl groups is 1. The Kier molecular flexibility index (Phi) is 3.54. The highest BCUT2D eigenvalue weighted by atomic mass is 16.3. The number of hydrogen-bond donors (Lipinski definition) is 1. The molecule has 0 saturated heterocycles. The summed E-state index contributed by atoms with van der Waals surface area (Å²) in [5.41, 5.74) is 4.07. The Morgan fingerprint density at radius 2 is 1.67 bits per heavy atom. The van der Waals surface area contributed by atoms with Gasteiger partial charge >= 0.3 is 0 Å². The minimum absolute atomic E-state index is 0.241. The molecule has 0 unspecified atom stereocenters. The predicted molar refractivity (Wildman–Crippen MR) is 100 cm³/mol. The maximum atomic E-state index is 9.84. The molecule has 0 fully saturated rings. The van der Waals surface area contributed by atoms with Crippen molar-refractivity contribution < 1.29 is 5.11 Å². The lowest BCUT2D eigenvalue weighted by molar-refractivity contribution is 0.474. The van der Waals surface area contributed by atoms with E-state index in [1.807, 2.05) is 18.2 Å². The molecule has 24 heavy (non-hydrogen) atoms. The molecule has 0 atom stereocenters. The van der Waals surface area contributed by atoms with Crippen LogP contribution in [0.4, 0.5) is 5.69 Å². The summed E-state index contributed by atoms with van der Waals surface area (Å²) < 4.78 is 2.32. The van der Waals surface area contributed by atoms with Crippen LogP contribution in [-0.2, 0) is 6.54 Å². The highest BCUT2D eigenvalue weighted by molar-refractivity contribution is 6.09. The molecule has 0 aliphatic heterocycles. The van der Waals surface area contributed by atoms with E-state index in [0.29, 0.717) is 5.56 Å². The molecule has 3 aromatic carbocycles. The van der Waals surface area contributed by atoms with E-state index in [2.05, 4.69) is 52.9 Å². The van der Waals surface area contributed by atoms with Crippen LogP contribution in [0, 0.1) is 0 Å². The Balaban J connectivity index is 1.84. The third-order valence-corrected chi connectivity index (χ3v) is 4.36. The van der Waals surface area contributed by atoms with Crippen molar-refractivity contribution in [3.8, 4) is 5.75 Å². The zero-order chi connectivity index (χ0) is 16.5. The van der Waals surface area contributed by atoms with E-state index in [1.165, 1.54) is 21.8 Å². The zero-order valence-corrected chi connectivity index (χ0v) is 13.5. The number of aliphatic imine (C=N–C) groups is 1. The van der Waals surface area contributed by atoms with Gasteiger partial charge in [-0.3, -0.25) is 4.99 Å². The van der Waals surface area contributed by atoms with Gasteiger partial charge in [-0.2, -0.15) is 0 Å². The van der Waals surface area contributed by atoms with Gasteiger partial charge in [0.2, 0.25) is 0 Å². The average molecular weight is 314 g/mol. The maximum Gasteiger partial charge on any atom is 0.124 e. The topological polar surface area (TPSA) is 37.5 Å². The number of hydrogen-bond acceptors (Lipinski definition) is 2. The third-order valence-electron chi connectivity index (χ3n) is 4.36. The SMILES string of the molecule is CCn1c2ccccc2c2cc(N=Cc3ccccc3O)ccc21. The summed E-state index contributed by atoms with van der Waals surface area (Å²) in [6, 6.07) is 21.9. The fourth-order valence-corrected chi connectivity index (χ4v) is 3.20. The Labute approximate surface area is 140 Å². The summed E-state index contributed by atoms with van der Waals surface area (Å²) in [4.78, 5) is 4.54. The van der Waals surface area contributed by atoms with E-state index >= 15 is 0 Å². The quantitative estimate of drug-likeness (QED) is 0.514. The van der Waals surface area contributed by atoms with Crippen LogP contribution in [-0.4, -0.2) is 15.9 Å². The first-order chi connectivity index (χ1) is 11.8. The van der Waals surface area contributed by atoms with E-state index in [9.17, 15) is 5.11 Å². The monoisotopic (exact) mass is 314 g/mol. The van der Waals surface area contributed by atoms with Crippen LogP contribution in [0.1, 0.15) is 12.5 Å². The van der Waals surface area contributed by atoms with Gasteiger partial charge in [-0.1, -0.05) is 30.3 Å². The van der Waals surface area contributed by atoms with Gasteiger partial charge in [0.25, 0.3) is 0 Å². The van der Waals surface area contributed by atoms with Gasteiger partial charge in [0.05, 0.1) is 5.69 Å². The van der Waals surface area contributed by atoms with Crippen molar-refractivity contribution >= 4 is 33.7 Å². The number of fused-ring (bicyclic) bond motifs is 3. The second-order valence-electron chi connectivity index (χ2n) is 5.78. The number of para-hydroxylation sites is 2. The maximum absolute atomic E-state index is 9.84. The van der Waals surface area contributed by atoms with Gasteiger partial charge in [0.1, 0.15) is 5.75 Å². The van der Waals surface area contributed by atoms with Crippen molar-refractivity contribution in [1.29, 1.82) is 0 Å². The van der Waals surface area contributed by atoms with Crippen LogP contribution in [0.3, 0.4) is 0 Å². The lowest BCUT2D eigenvalue weighted by atomic mass is 10.1. The second-order valence-corrected chi connectivity index (χ2v) is 5.78. The van der Waals surface area contributed by atoms with E-state index in [0.717, 1.165) is 12.2 Å². The molecule has 3 nitrogen and oxygen atoms in total. The van der Waals surface area contributed by atoms with Crippen LogP contribution < -0.4 is 0 Å². The molecule has 4 aromatic rings. The molecule has 1 aromatic heterocycles. The minimum atomic E-state index is 0.241. The smallest absolute Gasteiger partial charge is 0.124 e. The first kappa shape index (κ1) is 14.5. The van der Waals surface area contributed by atoms with Crippen molar-refractivity contribution in [2.24, 2.45) is 4.99 Å². The molecule has 1 N–H and O–H groups in total. The predicted octanol–water partition coefficient (Wildman–Crippen LogP) is 5.27. The number of rotatable bonds is 3. The number of phenolic OH excluding ortho intramolecular Hbond substituents is 1. The number of aryl methyl sites for hydroxylation is 1. The Hall–Kier alpha value is -3.07. The lowest BCUT2D eigenvalue weighted by Gasteiger charge is -2.02. The number of aromatic nitrogens is 1. The van der Waals surface area contributed by atoms with E-state index in [1.54, 1.807) is 18.3 Å². The van der Waals surface area contributed by atoms with Crippen molar-refractivity contribution in [2.75, 3.05) is 0 Å². The molecule has 0 spiro atoms. The molecule has 0 radical (unpaired) electrons. The molecule has 3 heteroatoms. The molecule has 118 valence electrons. The number of nitrogens with zero attached hydrogens (tertiary/aromatic N) is 2. The first-order valence-electron chi connectivity index (χ1n) is 8.11. The van der Waals surface area contributed by atoms with E-state index in [-0.39, 0.29) is 5.75 Å². The zero-order valence-electron chi connectivity index (χ0n) is 13.5. The molecular formula is C21H18N2O. The van der Waals surface area contributed by atoms with Crippen LogP contribution in [0.15, 0.2) is 71.7 Å². The summed E-state index contributed by atoms with van der Waals surface area (Å²) in [6.07, 6.45) is 1.70. The van der Waals surface area contributed by atoms with Crippen molar-refractivity contribution in [3.63, 3.8) is 0 Å². The fourth-order valence-electron chi connectivity index (χ4n) is 3.20. The van der Waals surface area contributed by atoms with Gasteiger partial charge < -0.3 is 9.67 Å². The van der Waals surface area contributed by atoms with Crippen LogP contribution in [0.25, 0.3) is 21.8 Å². The van der Waals surface area contributed by atoms with E-state index < -0.39 is 0 Å². The van der Waals surface area contributed by atoms with Crippen LogP contribution in [0.5, 0.6) is 5.75 Å². The molecule has 0 aliphatic carbocycles. The molecule has 1 heterocycles. The molecule has 0 aliphatic rings. The van der Waals surface area contributed by atoms with Crippen LogP contribution in [0.2, 0.25) is 0 Å². The second kappa shape index (κ2) is 5.85. The standard InChI is InChI=1S/C21H18N2O/c1-2-23-19-9-5-4-8-17(19)18-13-16(11-12-20(18)23)22-14-15-7-3-6-10-21(15)24/h3-14,24H,2H2,1H3. The Morgan fingerprint density at radius 3 is 2.50 bits per heavy atom. The Bertz CT molecular complexity index is 1060. The molecule has 0 bridgehead atoms. The highest BCUT2D eigenvalue weighted by Gasteiger charge is 2.09. The normalized spacial score (nSPS) is 11.7. The fraction of sp³-hybridized carbons (Fsp3) is 0.0952. The summed E-state index contributed by atoms with van der Waals surface area (Å²) in [6.45, 7) is 3.10. The lowest BCUT2D eigenvalue weighted by Crippen LogP contribution is -1.92. The van der Waals surface area contributed by atoms with E-state index in [4.69, 9.17) is 0 Å². The molecule has 0 amide bonds. The first-order valence-corrected chi connectivity index (χ1v) is 8.11. The van der Waals surface area contributed by atoms with Gasteiger partial charge in [-0.25, -0.2) is 0 Å². The van der Waals surface area contributed by atoms with Crippen LogP contribution >= 0.6 is 0 Å².